The molecule has 0 aromatic carbocycles. The first-order valence-electron chi connectivity index (χ1n) is 5.19. The van der Waals surface area contributed by atoms with Crippen molar-refractivity contribution in [3.63, 3.8) is 0 Å². The summed E-state index contributed by atoms with van der Waals surface area (Å²) >= 11 is 0. The third-order valence-corrected chi connectivity index (χ3v) is 2.17. The van der Waals surface area contributed by atoms with E-state index >= 15 is 0 Å². The van der Waals surface area contributed by atoms with Crippen LogP contribution in [0.25, 0.3) is 0 Å². The number of rotatable bonds is 5. The second kappa shape index (κ2) is 5.26. The van der Waals surface area contributed by atoms with Gasteiger partial charge < -0.3 is 20.1 Å². The molecule has 1 amide bonds. The summed E-state index contributed by atoms with van der Waals surface area (Å²) in [5, 5.41) is 6.37. The van der Waals surface area contributed by atoms with Gasteiger partial charge in [0.1, 0.15) is 17.7 Å². The molecule has 0 atom stereocenters. The molecule has 0 radical (unpaired) electrons. The van der Waals surface area contributed by atoms with Crippen LogP contribution in [0.3, 0.4) is 0 Å². The Labute approximate surface area is 97.6 Å². The fraction of sp³-hybridized carbons (Fsp3) is 0.300. The first-order valence-corrected chi connectivity index (χ1v) is 5.19. The molecule has 0 saturated carbocycles. The number of hydrogen-bond acceptors (Lipinski definition) is 5. The molecule has 3 N–H and O–H groups in total. The molecule has 17 heavy (non-hydrogen) atoms. The molecule has 0 saturated heterocycles. The van der Waals surface area contributed by atoms with Crippen LogP contribution in [0.4, 0.5) is 0 Å². The topological polar surface area (TPSA) is 99.0 Å². The van der Waals surface area contributed by atoms with E-state index in [9.17, 15) is 4.79 Å². The molecule has 90 valence electrons. The molecule has 2 heterocycles. The van der Waals surface area contributed by atoms with Gasteiger partial charge in [0.25, 0.3) is 5.91 Å². The van der Waals surface area contributed by atoms with E-state index in [4.69, 9.17) is 5.73 Å². The Morgan fingerprint density at radius 3 is 3.18 bits per heavy atom. The molecule has 7 nitrogen and oxygen atoms in total. The molecule has 0 bridgehead atoms. The van der Waals surface area contributed by atoms with E-state index in [-0.39, 0.29) is 5.91 Å². The maximum Gasteiger partial charge on any atom is 0.271 e. The van der Waals surface area contributed by atoms with Crippen molar-refractivity contribution in [2.75, 3.05) is 6.54 Å². The van der Waals surface area contributed by atoms with E-state index in [1.807, 2.05) is 0 Å². The Bertz CT molecular complexity index is 477. The Morgan fingerprint density at radius 1 is 1.59 bits per heavy atom. The second-order valence-corrected chi connectivity index (χ2v) is 3.46. The van der Waals surface area contributed by atoms with Crippen molar-refractivity contribution in [3.05, 3.63) is 36.2 Å². The van der Waals surface area contributed by atoms with Crippen LogP contribution in [0.1, 0.15) is 16.2 Å². The van der Waals surface area contributed by atoms with E-state index in [0.717, 1.165) is 0 Å². The van der Waals surface area contributed by atoms with Crippen LogP contribution in [0.2, 0.25) is 0 Å². The summed E-state index contributed by atoms with van der Waals surface area (Å²) in [4.78, 5) is 15.7. The van der Waals surface area contributed by atoms with E-state index < -0.39 is 0 Å². The summed E-state index contributed by atoms with van der Waals surface area (Å²) in [6.07, 6.45) is 4.69. The van der Waals surface area contributed by atoms with Gasteiger partial charge in [0.2, 0.25) is 0 Å². The molecule has 0 aliphatic heterocycles. The highest BCUT2D eigenvalue weighted by Crippen LogP contribution is 1.98. The Morgan fingerprint density at radius 2 is 2.47 bits per heavy atom. The summed E-state index contributed by atoms with van der Waals surface area (Å²) in [6, 6.07) is 1.69. The number of imidazole rings is 1. The smallest absolute Gasteiger partial charge is 0.271 e. The number of aromatic nitrogens is 3. The molecule has 2 rings (SSSR count). The molecule has 0 aliphatic carbocycles. The van der Waals surface area contributed by atoms with Crippen LogP contribution in [0, 0.1) is 0 Å². The molecule has 7 heteroatoms. The zero-order valence-electron chi connectivity index (χ0n) is 9.17. The largest absolute Gasteiger partial charge is 0.364 e. The minimum atomic E-state index is -0.247. The van der Waals surface area contributed by atoms with Gasteiger partial charge in [0, 0.05) is 25.4 Å². The zero-order chi connectivity index (χ0) is 12.1. The molecule has 2 aromatic rings. The van der Waals surface area contributed by atoms with E-state index in [2.05, 4.69) is 20.0 Å². The van der Waals surface area contributed by atoms with Gasteiger partial charge in [-0.25, -0.2) is 4.98 Å². The normalized spacial score (nSPS) is 10.4. The van der Waals surface area contributed by atoms with Gasteiger partial charge in [0.15, 0.2) is 0 Å². The minimum Gasteiger partial charge on any atom is -0.364 e. The maximum atomic E-state index is 11.7. The van der Waals surface area contributed by atoms with Gasteiger partial charge in [-0.3, -0.25) is 4.79 Å². The highest BCUT2D eigenvalue weighted by Gasteiger charge is 2.09. The Hall–Kier alpha value is -2.15. The summed E-state index contributed by atoms with van der Waals surface area (Å²) in [5.74, 6) is -0.247. The van der Waals surface area contributed by atoms with E-state index in [1.165, 1.54) is 6.26 Å². The number of nitrogens with two attached hydrogens (primary N) is 1. The fourth-order valence-electron chi connectivity index (χ4n) is 1.34. The van der Waals surface area contributed by atoms with Crippen LogP contribution in [-0.2, 0) is 13.1 Å². The van der Waals surface area contributed by atoms with Gasteiger partial charge in [-0.2, -0.15) is 0 Å². The molecule has 0 fully saturated rings. The monoisotopic (exact) mass is 235 g/mol. The molecule has 2 aromatic heterocycles. The lowest BCUT2D eigenvalue weighted by molar-refractivity contribution is 0.0945. The summed E-state index contributed by atoms with van der Waals surface area (Å²) < 4.78 is 6.42. The van der Waals surface area contributed by atoms with E-state index in [0.29, 0.717) is 31.0 Å². The summed E-state index contributed by atoms with van der Waals surface area (Å²) in [5.41, 5.74) is 6.43. The van der Waals surface area contributed by atoms with Crippen LogP contribution in [0.5, 0.6) is 0 Å². The molecule has 0 aliphatic rings. The lowest BCUT2D eigenvalue weighted by Gasteiger charge is -1.99. The summed E-state index contributed by atoms with van der Waals surface area (Å²) in [6.45, 7) is 1.47. The lowest BCUT2D eigenvalue weighted by Crippen LogP contribution is -2.23. The predicted octanol–water partition coefficient (Wildman–Crippen LogP) is -0.240. The molecule has 0 spiro atoms. The Balaban J connectivity index is 1.90. The number of hydrogen-bond donors (Lipinski definition) is 2. The second-order valence-electron chi connectivity index (χ2n) is 3.46. The third kappa shape index (κ3) is 2.91. The van der Waals surface area contributed by atoms with Crippen molar-refractivity contribution >= 4 is 5.91 Å². The number of amides is 1. The highest BCUT2D eigenvalue weighted by molar-refractivity contribution is 5.91. The van der Waals surface area contributed by atoms with Crippen LogP contribution in [0.15, 0.2) is 29.4 Å². The van der Waals surface area contributed by atoms with Crippen LogP contribution >= 0.6 is 0 Å². The zero-order valence-corrected chi connectivity index (χ0v) is 9.17. The standard InChI is InChI=1S/C10H13N5O2/c11-2-3-15-6-9(13-7-15)10(16)12-5-8-1-4-17-14-8/h1,4,6-7H,2-3,5,11H2,(H,12,16). The van der Waals surface area contributed by atoms with Crippen molar-refractivity contribution in [2.24, 2.45) is 5.73 Å². The van der Waals surface area contributed by atoms with Gasteiger partial charge >= 0.3 is 0 Å². The van der Waals surface area contributed by atoms with Crippen molar-refractivity contribution in [1.29, 1.82) is 0 Å². The van der Waals surface area contributed by atoms with Crippen molar-refractivity contribution in [2.45, 2.75) is 13.1 Å². The van der Waals surface area contributed by atoms with Crippen LogP contribution < -0.4 is 11.1 Å². The average Bonchev–Trinajstić information content (AvgIpc) is 2.97. The lowest BCUT2D eigenvalue weighted by atomic mass is 10.4. The minimum absolute atomic E-state index is 0.247. The maximum absolute atomic E-state index is 11.7. The number of nitrogens with one attached hydrogen (secondary N) is 1. The first kappa shape index (κ1) is 11.3. The average molecular weight is 235 g/mol. The van der Waals surface area contributed by atoms with Gasteiger partial charge in [-0.05, 0) is 0 Å². The number of nitrogens with zero attached hydrogens (tertiary/aromatic N) is 3. The molecular formula is C10H13N5O2. The van der Waals surface area contributed by atoms with Gasteiger partial charge in [-0.15, -0.1) is 0 Å². The van der Waals surface area contributed by atoms with Gasteiger partial charge in [0.05, 0.1) is 12.9 Å². The molecule has 0 unspecified atom stereocenters. The predicted molar refractivity (Wildman–Crippen MR) is 59.0 cm³/mol. The van der Waals surface area contributed by atoms with Gasteiger partial charge in [-0.1, -0.05) is 5.16 Å². The van der Waals surface area contributed by atoms with Crippen molar-refractivity contribution in [1.82, 2.24) is 20.0 Å². The third-order valence-electron chi connectivity index (χ3n) is 2.17. The SMILES string of the molecule is NCCn1cnc(C(=O)NCc2ccon2)c1. The number of carbonyl (C=O) groups excluding carboxylic acids is 1. The fourth-order valence-corrected chi connectivity index (χ4v) is 1.34. The van der Waals surface area contributed by atoms with E-state index in [1.54, 1.807) is 23.2 Å². The van der Waals surface area contributed by atoms with Crippen molar-refractivity contribution < 1.29 is 9.32 Å². The van der Waals surface area contributed by atoms with Crippen LogP contribution in [-0.4, -0.2) is 27.2 Å². The quantitative estimate of drug-likeness (QED) is 0.745. The molecular weight excluding hydrogens is 222 g/mol. The first-order chi connectivity index (χ1) is 8.29. The highest BCUT2D eigenvalue weighted by atomic mass is 16.5. The summed E-state index contributed by atoms with van der Waals surface area (Å²) in [7, 11) is 0. The Kier molecular flexibility index (Phi) is 3.51. The van der Waals surface area contributed by atoms with Crippen molar-refractivity contribution in [3.8, 4) is 0 Å². The number of carbonyl (C=O) groups is 1.